The first-order chi connectivity index (χ1) is 10.4. The summed E-state index contributed by atoms with van der Waals surface area (Å²) >= 11 is 7.34. The van der Waals surface area contributed by atoms with Gasteiger partial charge in [0.05, 0.1) is 22.8 Å². The molecule has 1 spiro atoms. The molecule has 0 saturated carbocycles. The van der Waals surface area contributed by atoms with E-state index >= 15 is 0 Å². The summed E-state index contributed by atoms with van der Waals surface area (Å²) in [6, 6.07) is 1.71. The van der Waals surface area contributed by atoms with Crippen molar-refractivity contribution in [1.29, 1.82) is 0 Å². The van der Waals surface area contributed by atoms with Gasteiger partial charge in [-0.15, -0.1) is 23.7 Å². The van der Waals surface area contributed by atoms with Crippen molar-refractivity contribution in [2.45, 2.75) is 43.4 Å². The van der Waals surface area contributed by atoms with E-state index < -0.39 is 11.6 Å². The monoisotopic (exact) mass is 380 g/mol. The molecule has 0 bridgehead atoms. The van der Waals surface area contributed by atoms with Crippen LogP contribution in [-0.2, 0) is 4.74 Å². The van der Waals surface area contributed by atoms with Crippen molar-refractivity contribution in [3.8, 4) is 0 Å². The highest BCUT2D eigenvalue weighted by atomic mass is 35.5. The van der Waals surface area contributed by atoms with Gasteiger partial charge >= 0.3 is 0 Å². The fourth-order valence-electron chi connectivity index (χ4n) is 3.38. The lowest BCUT2D eigenvalue weighted by molar-refractivity contribution is -0.169. The number of thiophene rings is 1. The Bertz CT molecular complexity index is 563. The lowest BCUT2D eigenvalue weighted by atomic mass is 9.75. The van der Waals surface area contributed by atoms with Gasteiger partial charge in [-0.3, -0.25) is 4.79 Å². The highest BCUT2D eigenvalue weighted by Gasteiger charge is 2.49. The van der Waals surface area contributed by atoms with Gasteiger partial charge in [0.25, 0.3) is 5.91 Å². The van der Waals surface area contributed by atoms with Crippen LogP contribution in [0.25, 0.3) is 0 Å². The fourth-order valence-corrected chi connectivity index (χ4v) is 4.42. The molecule has 2 fully saturated rings. The maximum Gasteiger partial charge on any atom is 0.263 e. The van der Waals surface area contributed by atoms with Crippen LogP contribution in [0.5, 0.6) is 0 Å². The fraction of sp³-hybridized carbons (Fsp3) is 0.667. The summed E-state index contributed by atoms with van der Waals surface area (Å²) in [5.74, 6) is -0.229. The second-order valence-electron chi connectivity index (χ2n) is 6.41. The molecule has 8 heteroatoms. The van der Waals surface area contributed by atoms with Crippen molar-refractivity contribution in [2.75, 3.05) is 19.7 Å². The molecule has 23 heavy (non-hydrogen) atoms. The van der Waals surface area contributed by atoms with Gasteiger partial charge in [-0.2, -0.15) is 0 Å². The Labute approximate surface area is 151 Å². The van der Waals surface area contributed by atoms with E-state index in [1.807, 2.05) is 6.92 Å². The summed E-state index contributed by atoms with van der Waals surface area (Å²) in [6.07, 6.45) is 1.67. The second-order valence-corrected chi connectivity index (χ2v) is 7.73. The first-order valence-electron chi connectivity index (χ1n) is 7.52. The number of carbonyl (C=O) groups is 1. The van der Waals surface area contributed by atoms with Crippen molar-refractivity contribution < 1.29 is 14.6 Å². The van der Waals surface area contributed by atoms with Crippen molar-refractivity contribution in [2.24, 2.45) is 0 Å². The first-order valence-corrected chi connectivity index (χ1v) is 8.78. The van der Waals surface area contributed by atoms with E-state index in [0.29, 0.717) is 16.3 Å². The molecule has 0 aliphatic carbocycles. The Kier molecular flexibility index (Phi) is 5.98. The number of aliphatic hydroxyl groups is 1. The molecule has 0 unspecified atom stereocenters. The lowest BCUT2D eigenvalue weighted by Crippen LogP contribution is -2.65. The number of nitrogens with one attached hydrogen (secondary N) is 2. The number of hydrogen-bond acceptors (Lipinski definition) is 5. The van der Waals surface area contributed by atoms with Crippen LogP contribution in [0.15, 0.2) is 11.4 Å². The number of carbonyl (C=O) groups excluding carboxylic acids is 1. The molecule has 0 radical (unpaired) electrons. The highest BCUT2D eigenvalue weighted by Crippen LogP contribution is 2.38. The molecule has 2 saturated heterocycles. The Morgan fingerprint density at radius 3 is 2.83 bits per heavy atom. The van der Waals surface area contributed by atoms with Gasteiger partial charge in [0.2, 0.25) is 0 Å². The lowest BCUT2D eigenvalue weighted by Gasteiger charge is -2.50. The van der Waals surface area contributed by atoms with E-state index in [-0.39, 0.29) is 30.5 Å². The molecular weight excluding hydrogens is 359 g/mol. The molecule has 5 nitrogen and oxygen atoms in total. The molecule has 3 N–H and O–H groups in total. The summed E-state index contributed by atoms with van der Waals surface area (Å²) in [7, 11) is 0. The zero-order valence-corrected chi connectivity index (χ0v) is 15.3. The summed E-state index contributed by atoms with van der Waals surface area (Å²) in [5.41, 5.74) is -0.967. The SMILES string of the molecule is C[C@]1(NC(=O)c2sccc2Cl)CC2(CCNCC2)OC[C@@H]1O.Cl. The number of amides is 1. The van der Waals surface area contributed by atoms with Gasteiger partial charge in [-0.25, -0.2) is 0 Å². The van der Waals surface area contributed by atoms with E-state index in [2.05, 4.69) is 10.6 Å². The number of ether oxygens (including phenoxy) is 1. The van der Waals surface area contributed by atoms with Crippen LogP contribution in [0.3, 0.4) is 0 Å². The Morgan fingerprint density at radius 2 is 2.22 bits per heavy atom. The minimum absolute atomic E-state index is 0. The standard InChI is InChI=1S/C15H21ClN2O3S.ClH/c1-14(18-13(20)12-10(16)2-7-22-12)9-15(21-8-11(14)19)3-5-17-6-4-15;/h2,7,11,17,19H,3-6,8-9H2,1H3,(H,18,20);1H/t11-,14-;/m0./s1. The summed E-state index contributed by atoms with van der Waals surface area (Å²) in [4.78, 5) is 13.0. The third-order valence-electron chi connectivity index (χ3n) is 4.71. The van der Waals surface area contributed by atoms with Crippen molar-refractivity contribution in [3.05, 3.63) is 21.3 Å². The Balaban J connectivity index is 0.00000192. The number of rotatable bonds is 2. The van der Waals surface area contributed by atoms with Crippen molar-refractivity contribution >= 4 is 41.3 Å². The third kappa shape index (κ3) is 3.83. The zero-order chi connectivity index (χ0) is 15.8. The van der Waals surface area contributed by atoms with Gasteiger partial charge in [0, 0.05) is 6.42 Å². The van der Waals surface area contributed by atoms with Crippen LogP contribution in [0.1, 0.15) is 35.9 Å². The van der Waals surface area contributed by atoms with E-state index in [1.54, 1.807) is 11.4 Å². The topological polar surface area (TPSA) is 70.6 Å². The molecule has 3 heterocycles. The van der Waals surface area contributed by atoms with Crippen LogP contribution in [0.4, 0.5) is 0 Å². The molecule has 1 amide bonds. The van der Waals surface area contributed by atoms with Gasteiger partial charge < -0.3 is 20.5 Å². The van der Waals surface area contributed by atoms with E-state index in [1.165, 1.54) is 11.3 Å². The molecule has 3 rings (SSSR count). The summed E-state index contributed by atoms with van der Waals surface area (Å²) in [5, 5.41) is 18.9. The van der Waals surface area contributed by atoms with Crippen LogP contribution in [0, 0.1) is 0 Å². The van der Waals surface area contributed by atoms with Crippen LogP contribution >= 0.6 is 35.3 Å². The molecule has 1 aromatic heterocycles. The zero-order valence-electron chi connectivity index (χ0n) is 12.9. The van der Waals surface area contributed by atoms with Gasteiger partial charge in [0.15, 0.2) is 0 Å². The van der Waals surface area contributed by atoms with Gasteiger partial charge in [0.1, 0.15) is 11.0 Å². The Hall–Kier alpha value is -0.370. The van der Waals surface area contributed by atoms with Crippen LogP contribution in [0.2, 0.25) is 5.02 Å². The molecule has 2 atom stereocenters. The average Bonchev–Trinajstić information content (AvgIpc) is 2.91. The molecule has 130 valence electrons. The maximum absolute atomic E-state index is 12.5. The minimum Gasteiger partial charge on any atom is -0.388 e. The van der Waals surface area contributed by atoms with Crippen molar-refractivity contribution in [1.82, 2.24) is 10.6 Å². The van der Waals surface area contributed by atoms with Crippen molar-refractivity contribution in [3.63, 3.8) is 0 Å². The largest absolute Gasteiger partial charge is 0.388 e. The van der Waals surface area contributed by atoms with Crippen LogP contribution in [-0.4, -0.2) is 48.0 Å². The smallest absolute Gasteiger partial charge is 0.263 e. The second kappa shape index (κ2) is 7.25. The minimum atomic E-state index is -0.726. The predicted molar refractivity (Wildman–Crippen MR) is 93.9 cm³/mol. The predicted octanol–water partition coefficient (Wildman–Crippen LogP) is 2.22. The molecule has 1 aromatic rings. The number of piperidine rings is 1. The third-order valence-corrected chi connectivity index (χ3v) is 6.05. The summed E-state index contributed by atoms with van der Waals surface area (Å²) in [6.45, 7) is 3.94. The number of hydrogen-bond donors (Lipinski definition) is 3. The molecule has 2 aliphatic heterocycles. The molecular formula is C15H22Cl2N2O3S. The van der Waals surface area contributed by atoms with E-state index in [4.69, 9.17) is 16.3 Å². The van der Waals surface area contributed by atoms with Crippen LogP contribution < -0.4 is 10.6 Å². The van der Waals surface area contributed by atoms with Gasteiger partial charge in [-0.05, 0) is 44.3 Å². The number of halogens is 2. The molecule has 0 aromatic carbocycles. The Morgan fingerprint density at radius 1 is 1.52 bits per heavy atom. The normalized spacial score (nSPS) is 29.8. The summed E-state index contributed by atoms with van der Waals surface area (Å²) < 4.78 is 5.95. The first kappa shape index (κ1) is 19.0. The van der Waals surface area contributed by atoms with Gasteiger partial charge in [-0.1, -0.05) is 11.6 Å². The van der Waals surface area contributed by atoms with E-state index in [9.17, 15) is 9.90 Å². The quantitative estimate of drug-likeness (QED) is 0.735. The maximum atomic E-state index is 12.5. The van der Waals surface area contributed by atoms with E-state index in [0.717, 1.165) is 25.9 Å². The molecule has 2 aliphatic rings. The average molecular weight is 381 g/mol. The highest BCUT2D eigenvalue weighted by molar-refractivity contribution is 7.12. The number of aliphatic hydroxyl groups excluding tert-OH is 1.